The Balaban J connectivity index is 1.53. The van der Waals surface area contributed by atoms with Crippen molar-refractivity contribution in [2.45, 2.75) is 71.3 Å². The third-order valence-electron chi connectivity index (χ3n) is 6.43. The Morgan fingerprint density at radius 1 is 0.958 bits per heavy atom. The third-order valence-corrected chi connectivity index (χ3v) is 6.43. The Bertz CT molecular complexity index is 619. The smallest absolute Gasteiger partial charge is 0.127 e. The van der Waals surface area contributed by atoms with Gasteiger partial charge in [0.25, 0.3) is 0 Å². The highest BCUT2D eigenvalue weighted by Gasteiger charge is 2.41. The van der Waals surface area contributed by atoms with Gasteiger partial charge in [0.2, 0.25) is 0 Å². The molecule has 2 aliphatic heterocycles. The van der Waals surface area contributed by atoms with Crippen LogP contribution in [0.3, 0.4) is 0 Å². The van der Waals surface area contributed by atoms with Gasteiger partial charge in [0.05, 0.1) is 0 Å². The second-order valence-electron chi connectivity index (χ2n) is 7.89. The molecule has 1 saturated carbocycles. The minimum atomic E-state index is 0.417. The molecule has 0 N–H and O–H groups in total. The van der Waals surface area contributed by atoms with Crippen LogP contribution in [0.15, 0.2) is 0 Å². The van der Waals surface area contributed by atoms with Crippen molar-refractivity contribution < 1.29 is 9.47 Å². The summed E-state index contributed by atoms with van der Waals surface area (Å²) in [5.74, 6) is 2.89. The van der Waals surface area contributed by atoms with E-state index < -0.39 is 0 Å². The Morgan fingerprint density at radius 3 is 2.54 bits per heavy atom. The number of rotatable bonds is 4. The molecule has 2 heterocycles. The lowest BCUT2D eigenvalue weighted by Gasteiger charge is -2.27. The normalized spacial score (nSPS) is 26.1. The fourth-order valence-corrected chi connectivity index (χ4v) is 4.94. The molecule has 0 radical (unpaired) electrons. The van der Waals surface area contributed by atoms with E-state index >= 15 is 0 Å². The molecular formula is C21H31NO2. The highest BCUT2D eigenvalue weighted by molar-refractivity contribution is 5.61. The molecule has 0 bridgehead atoms. The summed E-state index contributed by atoms with van der Waals surface area (Å²) in [5, 5.41) is 0. The van der Waals surface area contributed by atoms with E-state index in [-0.39, 0.29) is 0 Å². The Labute approximate surface area is 146 Å². The Morgan fingerprint density at radius 2 is 1.75 bits per heavy atom. The Hall–Kier alpha value is -1.22. The molecule has 0 amide bonds. The second-order valence-corrected chi connectivity index (χ2v) is 7.89. The van der Waals surface area contributed by atoms with Crippen LogP contribution in [0.2, 0.25) is 0 Å². The lowest BCUT2D eigenvalue weighted by atomic mass is 9.89. The summed E-state index contributed by atoms with van der Waals surface area (Å²) in [4.78, 5) is 2.55. The average Bonchev–Trinajstić information content (AvgIpc) is 3.18. The maximum Gasteiger partial charge on any atom is 0.127 e. The van der Waals surface area contributed by atoms with Gasteiger partial charge in [0.15, 0.2) is 0 Å². The predicted octanol–water partition coefficient (Wildman–Crippen LogP) is 4.51. The number of fused-ring (bicyclic) bond motifs is 3. The van der Waals surface area contributed by atoms with Crippen LogP contribution in [0, 0.1) is 20.8 Å². The summed E-state index contributed by atoms with van der Waals surface area (Å²) in [6.45, 7) is 11.0. The maximum atomic E-state index is 6.33. The van der Waals surface area contributed by atoms with E-state index in [4.69, 9.17) is 9.47 Å². The summed E-state index contributed by atoms with van der Waals surface area (Å²) in [6.07, 6.45) is 8.28. The van der Waals surface area contributed by atoms with Crippen LogP contribution in [0.4, 0.5) is 0 Å². The van der Waals surface area contributed by atoms with Crippen molar-refractivity contribution >= 4 is 0 Å². The Kier molecular flexibility index (Phi) is 4.46. The van der Waals surface area contributed by atoms with E-state index in [0.29, 0.717) is 12.0 Å². The topological polar surface area (TPSA) is 21.7 Å². The highest BCUT2D eigenvalue weighted by atomic mass is 16.5. The van der Waals surface area contributed by atoms with Gasteiger partial charge in [0, 0.05) is 18.0 Å². The van der Waals surface area contributed by atoms with E-state index in [1.165, 1.54) is 79.6 Å². The zero-order valence-corrected chi connectivity index (χ0v) is 15.5. The highest BCUT2D eigenvalue weighted by Crippen LogP contribution is 2.52. The number of likely N-dealkylation sites (tertiary alicyclic amines) is 1. The van der Waals surface area contributed by atoms with Crippen molar-refractivity contribution in [2.75, 3.05) is 26.2 Å². The van der Waals surface area contributed by atoms with E-state index in [9.17, 15) is 0 Å². The van der Waals surface area contributed by atoms with Gasteiger partial charge in [-0.25, -0.2) is 0 Å². The molecule has 24 heavy (non-hydrogen) atoms. The maximum absolute atomic E-state index is 6.33. The molecule has 4 rings (SSSR count). The number of benzene rings is 1. The van der Waals surface area contributed by atoms with Crippen molar-refractivity contribution in [3.63, 3.8) is 0 Å². The van der Waals surface area contributed by atoms with Crippen molar-refractivity contribution in [3.8, 4) is 11.5 Å². The van der Waals surface area contributed by atoms with Crippen LogP contribution >= 0.6 is 0 Å². The molecule has 132 valence electrons. The molecule has 3 nitrogen and oxygen atoms in total. The molecule has 0 unspecified atom stereocenters. The van der Waals surface area contributed by atoms with Crippen LogP contribution in [0.5, 0.6) is 11.5 Å². The monoisotopic (exact) mass is 329 g/mol. The van der Waals surface area contributed by atoms with Gasteiger partial charge in [-0.05, 0) is 82.7 Å². The largest absolute Gasteiger partial charge is 0.492 e. The number of hydrogen-bond acceptors (Lipinski definition) is 3. The van der Waals surface area contributed by atoms with Crippen molar-refractivity contribution in [1.82, 2.24) is 4.90 Å². The van der Waals surface area contributed by atoms with E-state index in [1.807, 2.05) is 0 Å². The summed E-state index contributed by atoms with van der Waals surface area (Å²) >= 11 is 0. The van der Waals surface area contributed by atoms with E-state index in [2.05, 4.69) is 25.7 Å². The fourth-order valence-electron chi connectivity index (χ4n) is 4.94. The van der Waals surface area contributed by atoms with Crippen molar-refractivity contribution in [3.05, 3.63) is 22.3 Å². The standard InChI is InChI=1S/C21H31NO2/c1-14-15(2)21-19(17-8-7-9-18(17)24-21)16(3)20(14)23-13-12-22-10-5-4-6-11-22/h17-18H,4-13H2,1-3H3/t17-,18+/m0/s1. The van der Waals surface area contributed by atoms with Gasteiger partial charge >= 0.3 is 0 Å². The zero-order valence-electron chi connectivity index (χ0n) is 15.5. The summed E-state index contributed by atoms with van der Waals surface area (Å²) in [6, 6.07) is 0. The van der Waals surface area contributed by atoms with Crippen molar-refractivity contribution in [1.29, 1.82) is 0 Å². The van der Waals surface area contributed by atoms with Gasteiger partial charge in [-0.1, -0.05) is 6.42 Å². The van der Waals surface area contributed by atoms with Crippen LogP contribution in [-0.2, 0) is 0 Å². The number of ether oxygens (including phenoxy) is 2. The molecule has 2 atom stereocenters. The molecule has 3 heteroatoms. The molecule has 2 fully saturated rings. The minimum absolute atomic E-state index is 0.417. The summed E-state index contributed by atoms with van der Waals surface area (Å²) < 4.78 is 12.6. The first kappa shape index (κ1) is 16.3. The first-order valence-corrected chi connectivity index (χ1v) is 9.82. The molecule has 1 aliphatic carbocycles. The van der Waals surface area contributed by atoms with Crippen molar-refractivity contribution in [2.24, 2.45) is 0 Å². The lowest BCUT2D eigenvalue weighted by molar-refractivity contribution is 0.182. The number of nitrogens with zero attached hydrogens (tertiary/aromatic N) is 1. The van der Waals surface area contributed by atoms with Gasteiger partial charge in [0.1, 0.15) is 24.2 Å². The molecule has 1 saturated heterocycles. The molecular weight excluding hydrogens is 298 g/mol. The average molecular weight is 329 g/mol. The first-order valence-electron chi connectivity index (χ1n) is 9.82. The molecule has 0 spiro atoms. The third kappa shape index (κ3) is 2.71. The molecule has 1 aromatic carbocycles. The van der Waals surface area contributed by atoms with Crippen LogP contribution < -0.4 is 9.47 Å². The minimum Gasteiger partial charge on any atom is -0.492 e. The van der Waals surface area contributed by atoms with Gasteiger partial charge in [-0.2, -0.15) is 0 Å². The number of piperidine rings is 1. The molecule has 0 aromatic heterocycles. The van der Waals surface area contributed by atoms with Crippen LogP contribution in [0.25, 0.3) is 0 Å². The lowest BCUT2D eigenvalue weighted by Crippen LogP contribution is -2.33. The second kappa shape index (κ2) is 6.59. The van der Waals surface area contributed by atoms with Gasteiger partial charge in [-0.3, -0.25) is 4.90 Å². The SMILES string of the molecule is Cc1c(C)c2c(c(C)c1OCCN1CCCCC1)[C@H]1CCC[C@H]1O2. The van der Waals surface area contributed by atoms with Gasteiger partial charge in [-0.15, -0.1) is 0 Å². The van der Waals surface area contributed by atoms with Crippen LogP contribution in [-0.4, -0.2) is 37.2 Å². The fraction of sp³-hybridized carbons (Fsp3) is 0.714. The first-order chi connectivity index (χ1) is 11.7. The quantitative estimate of drug-likeness (QED) is 0.811. The van der Waals surface area contributed by atoms with E-state index in [0.717, 1.165) is 18.9 Å². The van der Waals surface area contributed by atoms with E-state index in [1.54, 1.807) is 0 Å². The summed E-state index contributed by atoms with van der Waals surface area (Å²) in [5.41, 5.74) is 5.34. The number of hydrogen-bond donors (Lipinski definition) is 0. The van der Waals surface area contributed by atoms with Crippen LogP contribution in [0.1, 0.15) is 66.7 Å². The van der Waals surface area contributed by atoms with Gasteiger partial charge < -0.3 is 9.47 Å². The molecule has 3 aliphatic rings. The zero-order chi connectivity index (χ0) is 16.7. The summed E-state index contributed by atoms with van der Waals surface area (Å²) in [7, 11) is 0. The molecule has 1 aromatic rings. The predicted molar refractivity (Wildman–Crippen MR) is 97.4 cm³/mol.